The lowest BCUT2D eigenvalue weighted by molar-refractivity contribution is -0.100. The molecule has 0 aliphatic rings. The van der Waals surface area contributed by atoms with Crippen LogP contribution >= 0.6 is 11.3 Å². The monoisotopic (exact) mass is 201 g/mol. The quantitative estimate of drug-likeness (QED) is 0.760. The second-order valence-electron chi connectivity index (χ2n) is 3.07. The summed E-state index contributed by atoms with van der Waals surface area (Å²) in [5.74, 6) is 0.410. The molecule has 4 heteroatoms. The highest BCUT2D eigenvalue weighted by atomic mass is 32.1. The minimum atomic E-state index is -0.867. The van der Waals surface area contributed by atoms with Crippen LogP contribution in [0, 0.1) is 0 Å². The predicted octanol–water partition coefficient (Wildman–Crippen LogP) is 2.29. The number of ether oxygens (including phenoxy) is 1. The van der Waals surface area contributed by atoms with Crippen LogP contribution in [0.25, 0.3) is 0 Å². The Hall–Kier alpha value is -0.450. The van der Waals surface area contributed by atoms with Gasteiger partial charge < -0.3 is 9.84 Å². The van der Waals surface area contributed by atoms with Gasteiger partial charge >= 0.3 is 0 Å². The van der Waals surface area contributed by atoms with E-state index in [1.54, 1.807) is 11.3 Å². The fourth-order valence-electron chi connectivity index (χ4n) is 0.923. The molecule has 1 aromatic rings. The van der Waals surface area contributed by atoms with Gasteiger partial charge in [-0.05, 0) is 6.92 Å². The van der Waals surface area contributed by atoms with E-state index in [2.05, 4.69) is 18.8 Å². The molecule has 0 radical (unpaired) electrons. The molecule has 1 atom stereocenters. The van der Waals surface area contributed by atoms with Gasteiger partial charge in [0.25, 0.3) is 0 Å². The van der Waals surface area contributed by atoms with Gasteiger partial charge in [-0.1, -0.05) is 13.8 Å². The predicted molar refractivity (Wildman–Crippen MR) is 52.8 cm³/mol. The van der Waals surface area contributed by atoms with Gasteiger partial charge in [-0.3, -0.25) is 0 Å². The lowest BCUT2D eigenvalue weighted by Crippen LogP contribution is -2.03. The van der Waals surface area contributed by atoms with Crippen molar-refractivity contribution in [3.05, 3.63) is 16.1 Å². The maximum absolute atomic E-state index is 9.44. The van der Waals surface area contributed by atoms with Gasteiger partial charge in [0.15, 0.2) is 6.29 Å². The Bertz CT molecular complexity index is 260. The van der Waals surface area contributed by atoms with Crippen LogP contribution in [0.4, 0.5) is 0 Å². The van der Waals surface area contributed by atoms with Crippen LogP contribution in [-0.4, -0.2) is 16.7 Å². The van der Waals surface area contributed by atoms with Gasteiger partial charge in [-0.25, -0.2) is 4.98 Å². The molecular formula is C9H15NO2S. The zero-order valence-electron chi connectivity index (χ0n) is 8.15. The van der Waals surface area contributed by atoms with Gasteiger partial charge in [0.2, 0.25) is 0 Å². The molecule has 0 aliphatic carbocycles. The van der Waals surface area contributed by atoms with E-state index in [4.69, 9.17) is 4.74 Å². The van der Waals surface area contributed by atoms with Crippen LogP contribution in [0.15, 0.2) is 5.38 Å². The van der Waals surface area contributed by atoms with E-state index in [0.29, 0.717) is 18.2 Å². The summed E-state index contributed by atoms with van der Waals surface area (Å²) in [5, 5.41) is 12.3. The van der Waals surface area contributed by atoms with Crippen molar-refractivity contribution in [3.63, 3.8) is 0 Å². The molecule has 1 N–H and O–H groups in total. The number of hydrogen-bond acceptors (Lipinski definition) is 4. The number of hydrogen-bond donors (Lipinski definition) is 1. The molecule has 0 aromatic carbocycles. The van der Waals surface area contributed by atoms with Crippen LogP contribution in [-0.2, 0) is 4.74 Å². The number of rotatable bonds is 4. The topological polar surface area (TPSA) is 42.4 Å². The standard InChI is InChI=1S/C9H15NO2S/c1-4-12-9(11)7-5-13-8(10-7)6(2)3/h5-6,9,11H,4H2,1-3H3. The summed E-state index contributed by atoms with van der Waals surface area (Å²) in [6.07, 6.45) is -0.867. The summed E-state index contributed by atoms with van der Waals surface area (Å²) in [7, 11) is 0. The Balaban J connectivity index is 2.67. The fourth-order valence-corrected chi connectivity index (χ4v) is 1.76. The smallest absolute Gasteiger partial charge is 0.199 e. The molecule has 1 heterocycles. The molecule has 74 valence electrons. The van der Waals surface area contributed by atoms with E-state index in [1.165, 1.54) is 0 Å². The number of aliphatic hydroxyl groups excluding tert-OH is 1. The maximum atomic E-state index is 9.44. The average molecular weight is 201 g/mol. The third kappa shape index (κ3) is 2.76. The van der Waals surface area contributed by atoms with Crippen LogP contribution < -0.4 is 0 Å². The largest absolute Gasteiger partial charge is 0.363 e. The summed E-state index contributed by atoms with van der Waals surface area (Å²) >= 11 is 1.56. The van der Waals surface area contributed by atoms with Crippen molar-refractivity contribution in [1.82, 2.24) is 4.98 Å². The van der Waals surface area contributed by atoms with Gasteiger partial charge in [-0.15, -0.1) is 11.3 Å². The van der Waals surface area contributed by atoms with Crippen molar-refractivity contribution >= 4 is 11.3 Å². The summed E-state index contributed by atoms with van der Waals surface area (Å²) in [6.45, 7) is 6.50. The minimum absolute atomic E-state index is 0.410. The average Bonchev–Trinajstić information content (AvgIpc) is 2.52. The van der Waals surface area contributed by atoms with Gasteiger partial charge in [0, 0.05) is 17.9 Å². The number of thiazole rings is 1. The Morgan fingerprint density at radius 1 is 1.62 bits per heavy atom. The summed E-state index contributed by atoms with van der Waals surface area (Å²) in [5.41, 5.74) is 0.621. The molecule has 0 saturated carbocycles. The Kier molecular flexibility index (Phi) is 3.84. The lowest BCUT2D eigenvalue weighted by atomic mass is 10.2. The fraction of sp³-hybridized carbons (Fsp3) is 0.667. The molecule has 1 rings (SSSR count). The van der Waals surface area contributed by atoms with Crippen molar-refractivity contribution in [2.75, 3.05) is 6.61 Å². The first kappa shape index (κ1) is 10.6. The highest BCUT2D eigenvalue weighted by Gasteiger charge is 2.12. The van der Waals surface area contributed by atoms with Crippen molar-refractivity contribution in [2.24, 2.45) is 0 Å². The van der Waals surface area contributed by atoms with Crippen molar-refractivity contribution in [3.8, 4) is 0 Å². The first-order chi connectivity index (χ1) is 6.15. The molecule has 0 fully saturated rings. The third-order valence-electron chi connectivity index (χ3n) is 1.61. The molecule has 0 saturated heterocycles. The van der Waals surface area contributed by atoms with E-state index in [0.717, 1.165) is 5.01 Å². The highest BCUT2D eigenvalue weighted by molar-refractivity contribution is 7.09. The Morgan fingerprint density at radius 3 is 2.77 bits per heavy atom. The zero-order valence-corrected chi connectivity index (χ0v) is 8.97. The van der Waals surface area contributed by atoms with E-state index in [9.17, 15) is 5.11 Å². The molecule has 13 heavy (non-hydrogen) atoms. The van der Waals surface area contributed by atoms with Crippen molar-refractivity contribution < 1.29 is 9.84 Å². The minimum Gasteiger partial charge on any atom is -0.363 e. The number of aromatic nitrogens is 1. The molecule has 0 aliphatic heterocycles. The Labute approximate surface area is 82.4 Å². The van der Waals surface area contributed by atoms with Crippen molar-refractivity contribution in [2.45, 2.75) is 33.0 Å². The normalized spacial score (nSPS) is 13.6. The SMILES string of the molecule is CCOC(O)c1csc(C(C)C)n1. The molecular weight excluding hydrogens is 186 g/mol. The first-order valence-electron chi connectivity index (χ1n) is 4.40. The van der Waals surface area contributed by atoms with Gasteiger partial charge in [-0.2, -0.15) is 0 Å². The summed E-state index contributed by atoms with van der Waals surface area (Å²) < 4.78 is 5.02. The molecule has 0 spiro atoms. The highest BCUT2D eigenvalue weighted by Crippen LogP contribution is 2.23. The second-order valence-corrected chi connectivity index (χ2v) is 3.96. The van der Waals surface area contributed by atoms with Crippen LogP contribution in [0.5, 0.6) is 0 Å². The van der Waals surface area contributed by atoms with Crippen molar-refractivity contribution in [1.29, 1.82) is 0 Å². The molecule has 3 nitrogen and oxygen atoms in total. The maximum Gasteiger partial charge on any atom is 0.199 e. The lowest BCUT2D eigenvalue weighted by Gasteiger charge is -2.06. The van der Waals surface area contributed by atoms with E-state index in [-0.39, 0.29) is 0 Å². The van der Waals surface area contributed by atoms with E-state index >= 15 is 0 Å². The molecule has 0 amide bonds. The van der Waals surface area contributed by atoms with E-state index in [1.807, 2.05) is 12.3 Å². The van der Waals surface area contributed by atoms with Crippen LogP contribution in [0.1, 0.15) is 43.7 Å². The first-order valence-corrected chi connectivity index (χ1v) is 5.28. The van der Waals surface area contributed by atoms with Gasteiger partial charge in [0.05, 0.1) is 5.01 Å². The Morgan fingerprint density at radius 2 is 2.31 bits per heavy atom. The molecule has 1 unspecified atom stereocenters. The van der Waals surface area contributed by atoms with Gasteiger partial charge in [0.1, 0.15) is 5.69 Å². The zero-order chi connectivity index (χ0) is 9.84. The van der Waals surface area contributed by atoms with Crippen LogP contribution in [0.2, 0.25) is 0 Å². The van der Waals surface area contributed by atoms with Crippen LogP contribution in [0.3, 0.4) is 0 Å². The summed E-state index contributed by atoms with van der Waals surface area (Å²) in [6, 6.07) is 0. The molecule has 0 bridgehead atoms. The third-order valence-corrected chi connectivity index (χ3v) is 2.77. The molecule has 1 aromatic heterocycles. The van der Waals surface area contributed by atoms with E-state index < -0.39 is 6.29 Å². The second kappa shape index (κ2) is 4.69. The number of aliphatic hydroxyl groups is 1. The summed E-state index contributed by atoms with van der Waals surface area (Å²) in [4.78, 5) is 4.27. The number of nitrogens with zero attached hydrogens (tertiary/aromatic N) is 1.